The van der Waals surface area contributed by atoms with Crippen molar-refractivity contribution in [1.29, 1.82) is 0 Å². The SMILES string of the molecule is COc1ccccc1-n1cc(C(=O)N(C)[C@H](C)Cc2cc(C)ccn2)cn1. The minimum atomic E-state index is -0.0729. The molecule has 0 unspecified atom stereocenters. The number of carbonyl (C=O) groups excluding carboxylic acids is 1. The summed E-state index contributed by atoms with van der Waals surface area (Å²) < 4.78 is 7.03. The Morgan fingerprint density at radius 2 is 2.07 bits per heavy atom. The monoisotopic (exact) mass is 364 g/mol. The maximum atomic E-state index is 12.9. The number of rotatable bonds is 6. The van der Waals surface area contributed by atoms with Crippen molar-refractivity contribution in [3.8, 4) is 11.4 Å². The van der Waals surface area contributed by atoms with Crippen LogP contribution in [0.4, 0.5) is 0 Å². The van der Waals surface area contributed by atoms with Gasteiger partial charge < -0.3 is 9.64 Å². The normalized spacial score (nSPS) is 11.9. The van der Waals surface area contributed by atoms with E-state index in [2.05, 4.69) is 16.1 Å². The third-order valence-electron chi connectivity index (χ3n) is 4.62. The Labute approximate surface area is 159 Å². The van der Waals surface area contributed by atoms with Crippen LogP contribution < -0.4 is 4.74 Å². The first kappa shape index (κ1) is 18.6. The van der Waals surface area contributed by atoms with E-state index >= 15 is 0 Å². The van der Waals surface area contributed by atoms with E-state index in [4.69, 9.17) is 4.74 Å². The van der Waals surface area contributed by atoms with Crippen LogP contribution in [0.1, 0.15) is 28.5 Å². The van der Waals surface area contributed by atoms with Crippen molar-refractivity contribution in [1.82, 2.24) is 19.7 Å². The number of aryl methyl sites for hydroxylation is 1. The zero-order valence-electron chi connectivity index (χ0n) is 16.1. The van der Waals surface area contributed by atoms with Crippen LogP contribution in [0.5, 0.6) is 5.75 Å². The lowest BCUT2D eigenvalue weighted by molar-refractivity contribution is 0.0743. The number of likely N-dealkylation sites (N-methyl/N-ethyl adjacent to an activating group) is 1. The van der Waals surface area contributed by atoms with Crippen LogP contribution in [0, 0.1) is 6.92 Å². The molecule has 27 heavy (non-hydrogen) atoms. The van der Waals surface area contributed by atoms with Crippen molar-refractivity contribution in [3.63, 3.8) is 0 Å². The quantitative estimate of drug-likeness (QED) is 0.673. The van der Waals surface area contributed by atoms with Crippen LogP contribution in [0.3, 0.4) is 0 Å². The summed E-state index contributed by atoms with van der Waals surface area (Å²) in [5.41, 5.74) is 3.47. The second kappa shape index (κ2) is 8.03. The Morgan fingerprint density at radius 1 is 1.30 bits per heavy atom. The molecule has 0 N–H and O–H groups in total. The van der Waals surface area contributed by atoms with E-state index in [9.17, 15) is 4.79 Å². The lowest BCUT2D eigenvalue weighted by Crippen LogP contribution is -2.36. The molecule has 2 heterocycles. The average molecular weight is 364 g/mol. The van der Waals surface area contributed by atoms with E-state index in [-0.39, 0.29) is 11.9 Å². The molecule has 1 atom stereocenters. The molecular weight excluding hydrogens is 340 g/mol. The van der Waals surface area contributed by atoms with Gasteiger partial charge in [0.1, 0.15) is 11.4 Å². The summed E-state index contributed by atoms with van der Waals surface area (Å²) in [4.78, 5) is 19.0. The Bertz CT molecular complexity index is 935. The summed E-state index contributed by atoms with van der Waals surface area (Å²) >= 11 is 0. The van der Waals surface area contributed by atoms with Crippen LogP contribution >= 0.6 is 0 Å². The average Bonchev–Trinajstić information content (AvgIpc) is 3.16. The molecule has 0 saturated carbocycles. The van der Waals surface area contributed by atoms with Gasteiger partial charge in [0.2, 0.25) is 0 Å². The highest BCUT2D eigenvalue weighted by Crippen LogP contribution is 2.22. The molecule has 140 valence electrons. The Kier molecular flexibility index (Phi) is 5.54. The number of hydrogen-bond acceptors (Lipinski definition) is 4. The van der Waals surface area contributed by atoms with E-state index in [1.807, 2.05) is 51.2 Å². The molecule has 1 amide bonds. The molecule has 0 aliphatic carbocycles. The number of aromatic nitrogens is 3. The summed E-state index contributed by atoms with van der Waals surface area (Å²) in [6.07, 6.45) is 5.82. The molecule has 0 radical (unpaired) electrons. The lowest BCUT2D eigenvalue weighted by atomic mass is 10.1. The third-order valence-corrected chi connectivity index (χ3v) is 4.62. The summed E-state index contributed by atoms with van der Waals surface area (Å²) in [5.74, 6) is 0.628. The van der Waals surface area contributed by atoms with Gasteiger partial charge in [-0.15, -0.1) is 0 Å². The molecule has 2 aromatic heterocycles. The highest BCUT2D eigenvalue weighted by Gasteiger charge is 2.20. The van der Waals surface area contributed by atoms with E-state index in [0.717, 1.165) is 11.4 Å². The Balaban J connectivity index is 1.74. The highest BCUT2D eigenvalue weighted by atomic mass is 16.5. The molecule has 1 aromatic carbocycles. The molecule has 0 aliphatic rings. The second-order valence-corrected chi connectivity index (χ2v) is 6.64. The van der Waals surface area contributed by atoms with Gasteiger partial charge >= 0.3 is 0 Å². The summed E-state index contributed by atoms with van der Waals surface area (Å²) in [5, 5.41) is 4.33. The van der Waals surface area contributed by atoms with Crippen LogP contribution in [0.25, 0.3) is 5.69 Å². The summed E-state index contributed by atoms with van der Waals surface area (Å²) in [6.45, 7) is 4.06. The van der Waals surface area contributed by atoms with Crippen LogP contribution in [-0.2, 0) is 6.42 Å². The van der Waals surface area contributed by atoms with Crippen LogP contribution in [0.15, 0.2) is 55.0 Å². The molecule has 0 fully saturated rings. The van der Waals surface area contributed by atoms with Gasteiger partial charge in [-0.2, -0.15) is 5.10 Å². The van der Waals surface area contributed by atoms with Gasteiger partial charge in [-0.1, -0.05) is 12.1 Å². The first-order chi connectivity index (χ1) is 13.0. The maximum Gasteiger partial charge on any atom is 0.257 e. The number of amides is 1. The number of nitrogens with zero attached hydrogens (tertiary/aromatic N) is 4. The number of para-hydroxylation sites is 2. The Morgan fingerprint density at radius 3 is 2.81 bits per heavy atom. The van der Waals surface area contributed by atoms with Gasteiger partial charge in [0.05, 0.1) is 18.9 Å². The van der Waals surface area contributed by atoms with Crippen molar-refractivity contribution in [2.45, 2.75) is 26.3 Å². The highest BCUT2D eigenvalue weighted by molar-refractivity contribution is 5.93. The number of methoxy groups -OCH3 is 1. The fourth-order valence-electron chi connectivity index (χ4n) is 2.94. The molecule has 0 aliphatic heterocycles. The second-order valence-electron chi connectivity index (χ2n) is 6.64. The molecule has 0 bridgehead atoms. The number of ether oxygens (including phenoxy) is 1. The van der Waals surface area contributed by atoms with Crippen molar-refractivity contribution in [3.05, 3.63) is 71.8 Å². The summed E-state index contributed by atoms with van der Waals surface area (Å²) in [7, 11) is 3.42. The number of hydrogen-bond donors (Lipinski definition) is 0. The fourth-order valence-corrected chi connectivity index (χ4v) is 2.94. The van der Waals surface area contributed by atoms with Gasteiger partial charge in [0.15, 0.2) is 0 Å². The number of pyridine rings is 1. The van der Waals surface area contributed by atoms with E-state index in [1.165, 1.54) is 5.56 Å². The third kappa shape index (κ3) is 4.16. The van der Waals surface area contributed by atoms with Crippen LogP contribution in [-0.4, -0.2) is 45.8 Å². The molecular formula is C21H24N4O2. The van der Waals surface area contributed by atoms with Gasteiger partial charge in [-0.05, 0) is 43.7 Å². The van der Waals surface area contributed by atoms with Crippen molar-refractivity contribution >= 4 is 5.91 Å². The Hall–Kier alpha value is -3.15. The minimum absolute atomic E-state index is 0.0152. The molecule has 6 nitrogen and oxygen atoms in total. The molecule has 3 aromatic rings. The van der Waals surface area contributed by atoms with Gasteiger partial charge in [-0.25, -0.2) is 4.68 Å². The number of carbonyl (C=O) groups is 1. The minimum Gasteiger partial charge on any atom is -0.494 e. The first-order valence-electron chi connectivity index (χ1n) is 8.86. The molecule has 3 rings (SSSR count). The van der Waals surface area contributed by atoms with E-state index in [0.29, 0.717) is 17.7 Å². The summed E-state index contributed by atoms with van der Waals surface area (Å²) in [6, 6.07) is 11.6. The topological polar surface area (TPSA) is 60.2 Å². The zero-order chi connectivity index (χ0) is 19.4. The van der Waals surface area contributed by atoms with Crippen molar-refractivity contribution in [2.24, 2.45) is 0 Å². The smallest absolute Gasteiger partial charge is 0.257 e. The van der Waals surface area contributed by atoms with Crippen LogP contribution in [0.2, 0.25) is 0 Å². The molecule has 0 spiro atoms. The van der Waals surface area contributed by atoms with Gasteiger partial charge in [0.25, 0.3) is 5.91 Å². The predicted molar refractivity (Wildman–Crippen MR) is 104 cm³/mol. The lowest BCUT2D eigenvalue weighted by Gasteiger charge is -2.24. The van der Waals surface area contributed by atoms with Gasteiger partial charge in [-0.3, -0.25) is 9.78 Å². The fraction of sp³-hybridized carbons (Fsp3) is 0.286. The molecule has 6 heteroatoms. The van der Waals surface area contributed by atoms with Crippen molar-refractivity contribution in [2.75, 3.05) is 14.2 Å². The standard InChI is InChI=1S/C21H24N4O2/c1-15-9-10-22-18(11-15)12-16(2)24(3)21(26)17-13-23-25(14-17)19-7-5-6-8-20(19)27-4/h5-11,13-14,16H,12H2,1-4H3/t16-/m1/s1. The molecule has 0 saturated heterocycles. The first-order valence-corrected chi connectivity index (χ1v) is 8.86. The number of benzene rings is 1. The zero-order valence-corrected chi connectivity index (χ0v) is 16.1. The largest absolute Gasteiger partial charge is 0.494 e. The van der Waals surface area contributed by atoms with Gasteiger partial charge in [0, 0.05) is 37.6 Å². The van der Waals surface area contributed by atoms with E-state index < -0.39 is 0 Å². The van der Waals surface area contributed by atoms with Crippen molar-refractivity contribution < 1.29 is 9.53 Å². The maximum absolute atomic E-state index is 12.9. The van der Waals surface area contributed by atoms with E-state index in [1.54, 1.807) is 35.3 Å². The predicted octanol–water partition coefficient (Wildman–Crippen LogP) is 3.29.